The summed E-state index contributed by atoms with van der Waals surface area (Å²) in [5.41, 5.74) is 1.73. The van der Waals surface area contributed by atoms with Crippen molar-refractivity contribution in [2.75, 3.05) is 18.6 Å². The molecule has 0 saturated carbocycles. The summed E-state index contributed by atoms with van der Waals surface area (Å²) in [4.78, 5) is 24.7. The van der Waals surface area contributed by atoms with Crippen LogP contribution in [0.25, 0.3) is 0 Å². The number of nitrogens with one attached hydrogen (secondary N) is 1. The van der Waals surface area contributed by atoms with Crippen LogP contribution < -0.4 is 15.0 Å². The number of aliphatic carboxylic acids is 1. The van der Waals surface area contributed by atoms with Crippen LogP contribution in [-0.4, -0.2) is 36.7 Å². The Morgan fingerprint density at radius 1 is 1.42 bits per heavy atom. The maximum Gasteiger partial charge on any atom is 0.320 e. The molecule has 0 unspecified atom stereocenters. The second kappa shape index (κ2) is 7.21. The van der Waals surface area contributed by atoms with Crippen molar-refractivity contribution in [1.29, 1.82) is 0 Å². The number of likely N-dealkylation sites (N-methyl/N-ethyl adjacent to an activating group) is 1. The molecule has 1 aromatic carbocycles. The number of amides is 1. The van der Waals surface area contributed by atoms with E-state index in [-0.39, 0.29) is 17.9 Å². The van der Waals surface area contributed by atoms with Gasteiger partial charge in [-0.15, -0.1) is 0 Å². The van der Waals surface area contributed by atoms with Crippen LogP contribution in [-0.2, 0) is 16.1 Å². The Morgan fingerprint density at radius 2 is 2.12 bits per heavy atom. The van der Waals surface area contributed by atoms with E-state index in [9.17, 15) is 14.7 Å². The third kappa shape index (κ3) is 4.71. The van der Waals surface area contributed by atoms with Crippen LogP contribution in [0.2, 0.25) is 0 Å². The number of hydrogen-bond acceptors (Lipinski definition) is 4. The van der Waals surface area contributed by atoms with Gasteiger partial charge >= 0.3 is 5.97 Å². The number of benzene rings is 1. The molecular formula is C18H26N2O4. The zero-order valence-electron chi connectivity index (χ0n) is 14.8. The molecule has 0 aromatic heterocycles. The first kappa shape index (κ1) is 18.3. The molecule has 1 aliphatic rings. The lowest BCUT2D eigenvalue weighted by molar-refractivity contribution is -0.139. The van der Waals surface area contributed by atoms with Crippen molar-refractivity contribution < 1.29 is 19.4 Å². The van der Waals surface area contributed by atoms with Gasteiger partial charge in [-0.25, -0.2) is 0 Å². The second-order valence-corrected chi connectivity index (χ2v) is 7.41. The fourth-order valence-corrected chi connectivity index (χ4v) is 2.56. The molecule has 6 nitrogen and oxygen atoms in total. The zero-order chi connectivity index (χ0) is 17.9. The first-order valence-corrected chi connectivity index (χ1v) is 8.16. The van der Waals surface area contributed by atoms with E-state index in [4.69, 9.17) is 4.74 Å². The number of ether oxygens (including phenoxy) is 1. The van der Waals surface area contributed by atoms with E-state index >= 15 is 0 Å². The molecule has 1 aromatic rings. The number of nitrogens with zero attached hydrogens (tertiary/aromatic N) is 1. The number of fused-ring (bicyclic) bond motifs is 1. The Morgan fingerprint density at radius 3 is 2.75 bits per heavy atom. The summed E-state index contributed by atoms with van der Waals surface area (Å²) in [5.74, 6) is -0.266. The van der Waals surface area contributed by atoms with Crippen molar-refractivity contribution in [3.8, 4) is 5.75 Å². The average molecular weight is 334 g/mol. The van der Waals surface area contributed by atoms with Crippen LogP contribution in [0.4, 0.5) is 5.69 Å². The highest BCUT2D eigenvalue weighted by Gasteiger charge is 2.23. The molecular weight excluding hydrogens is 308 g/mol. The van der Waals surface area contributed by atoms with Crippen LogP contribution in [0.5, 0.6) is 5.75 Å². The predicted octanol–water partition coefficient (Wildman–Crippen LogP) is 2.41. The van der Waals surface area contributed by atoms with Crippen LogP contribution >= 0.6 is 0 Å². The minimum Gasteiger partial charge on any atom is -0.482 e. The van der Waals surface area contributed by atoms with E-state index in [0.29, 0.717) is 24.4 Å². The minimum absolute atomic E-state index is 0.0506. The SMILES string of the molecule is CN1C(=O)COc2ccc(CN[C@@H](CCC(C)(C)C)C(=O)O)cc21. The van der Waals surface area contributed by atoms with Crippen LogP contribution in [0.1, 0.15) is 39.2 Å². The minimum atomic E-state index is -0.840. The third-order valence-corrected chi connectivity index (χ3v) is 4.14. The Hall–Kier alpha value is -2.08. The molecule has 1 heterocycles. The zero-order valence-corrected chi connectivity index (χ0v) is 14.8. The smallest absolute Gasteiger partial charge is 0.320 e. The van der Waals surface area contributed by atoms with Crippen LogP contribution in [0.15, 0.2) is 18.2 Å². The summed E-state index contributed by atoms with van der Waals surface area (Å²) in [7, 11) is 1.71. The summed E-state index contributed by atoms with van der Waals surface area (Å²) in [6.07, 6.45) is 1.40. The molecule has 1 amide bonds. The summed E-state index contributed by atoms with van der Waals surface area (Å²) in [6, 6.07) is 4.98. The maximum atomic E-state index is 11.7. The second-order valence-electron chi connectivity index (χ2n) is 7.41. The molecule has 132 valence electrons. The van der Waals surface area contributed by atoms with Crippen molar-refractivity contribution in [1.82, 2.24) is 5.32 Å². The van der Waals surface area contributed by atoms with E-state index in [1.807, 2.05) is 18.2 Å². The van der Waals surface area contributed by atoms with Gasteiger partial charge in [0.15, 0.2) is 6.61 Å². The summed E-state index contributed by atoms with van der Waals surface area (Å²) >= 11 is 0. The van der Waals surface area contributed by atoms with Crippen molar-refractivity contribution in [2.24, 2.45) is 5.41 Å². The van der Waals surface area contributed by atoms with Gasteiger partial charge in [-0.3, -0.25) is 9.59 Å². The van der Waals surface area contributed by atoms with Gasteiger partial charge in [0.1, 0.15) is 11.8 Å². The Kier molecular flexibility index (Phi) is 5.49. The molecule has 0 aliphatic carbocycles. The first-order chi connectivity index (χ1) is 11.2. The van der Waals surface area contributed by atoms with Crippen molar-refractivity contribution in [3.63, 3.8) is 0 Å². The standard InChI is InChI=1S/C18H26N2O4/c1-18(2,3)8-7-13(17(22)23)19-10-12-5-6-15-14(9-12)20(4)16(21)11-24-15/h5-6,9,13,19H,7-8,10-11H2,1-4H3,(H,22,23)/t13-/m0/s1. The summed E-state index contributed by atoms with van der Waals surface area (Å²) < 4.78 is 5.40. The van der Waals surface area contributed by atoms with Gasteiger partial charge in [0.25, 0.3) is 5.91 Å². The highest BCUT2D eigenvalue weighted by molar-refractivity contribution is 5.97. The lowest BCUT2D eigenvalue weighted by Gasteiger charge is -2.26. The lowest BCUT2D eigenvalue weighted by atomic mass is 9.88. The van der Waals surface area contributed by atoms with Crippen LogP contribution in [0.3, 0.4) is 0 Å². The van der Waals surface area contributed by atoms with Gasteiger partial charge < -0.3 is 20.1 Å². The molecule has 2 N–H and O–H groups in total. The topological polar surface area (TPSA) is 78.9 Å². The molecule has 1 atom stereocenters. The number of carbonyl (C=O) groups excluding carboxylic acids is 1. The first-order valence-electron chi connectivity index (χ1n) is 8.16. The fourth-order valence-electron chi connectivity index (χ4n) is 2.56. The van der Waals surface area contributed by atoms with Gasteiger partial charge in [-0.2, -0.15) is 0 Å². The van der Waals surface area contributed by atoms with E-state index < -0.39 is 12.0 Å². The molecule has 1 aliphatic heterocycles. The fraction of sp³-hybridized carbons (Fsp3) is 0.556. The quantitative estimate of drug-likeness (QED) is 0.835. The van der Waals surface area contributed by atoms with Gasteiger partial charge in [0, 0.05) is 13.6 Å². The highest BCUT2D eigenvalue weighted by Crippen LogP contribution is 2.32. The molecule has 0 radical (unpaired) electrons. The van der Waals surface area contributed by atoms with E-state index in [2.05, 4.69) is 26.1 Å². The monoisotopic (exact) mass is 334 g/mol. The highest BCUT2D eigenvalue weighted by atomic mass is 16.5. The summed E-state index contributed by atoms with van der Waals surface area (Å²) in [6.45, 7) is 6.78. The lowest BCUT2D eigenvalue weighted by Crippen LogP contribution is -2.37. The number of hydrogen-bond donors (Lipinski definition) is 2. The number of anilines is 1. The van der Waals surface area contributed by atoms with Gasteiger partial charge in [-0.05, 0) is 36.0 Å². The van der Waals surface area contributed by atoms with Crippen molar-refractivity contribution >= 4 is 17.6 Å². The predicted molar refractivity (Wildman–Crippen MR) is 92.3 cm³/mol. The molecule has 0 fully saturated rings. The molecule has 2 rings (SSSR count). The Balaban J connectivity index is 2.02. The van der Waals surface area contributed by atoms with Crippen LogP contribution in [0, 0.1) is 5.41 Å². The normalized spacial score (nSPS) is 15.7. The Labute approximate surface area is 142 Å². The largest absolute Gasteiger partial charge is 0.482 e. The molecule has 6 heteroatoms. The van der Waals surface area contributed by atoms with Gasteiger partial charge in [0.05, 0.1) is 5.69 Å². The average Bonchev–Trinajstić information content (AvgIpc) is 2.50. The maximum absolute atomic E-state index is 11.7. The Bertz CT molecular complexity index is 622. The van der Waals surface area contributed by atoms with Gasteiger partial charge in [-0.1, -0.05) is 26.8 Å². The van der Waals surface area contributed by atoms with E-state index in [0.717, 1.165) is 12.0 Å². The van der Waals surface area contributed by atoms with E-state index in [1.165, 1.54) is 0 Å². The number of carbonyl (C=O) groups is 2. The summed E-state index contributed by atoms with van der Waals surface area (Å²) in [5, 5.41) is 12.5. The number of carboxylic acids is 1. The number of carboxylic acid groups (broad SMARTS) is 1. The number of rotatable bonds is 6. The third-order valence-electron chi connectivity index (χ3n) is 4.14. The van der Waals surface area contributed by atoms with Gasteiger partial charge in [0.2, 0.25) is 0 Å². The van der Waals surface area contributed by atoms with Crippen molar-refractivity contribution in [3.05, 3.63) is 23.8 Å². The molecule has 0 saturated heterocycles. The molecule has 0 spiro atoms. The molecule has 0 bridgehead atoms. The van der Waals surface area contributed by atoms with E-state index in [1.54, 1.807) is 11.9 Å². The van der Waals surface area contributed by atoms with Crippen molar-refractivity contribution in [2.45, 2.75) is 46.2 Å². The molecule has 24 heavy (non-hydrogen) atoms.